The number of carbonyl (C=O) groups excluding carboxylic acids is 1. The Morgan fingerprint density at radius 3 is 2.58 bits per heavy atom. The van der Waals surface area contributed by atoms with Gasteiger partial charge < -0.3 is 9.84 Å². The number of aliphatic hydroxyl groups is 1. The standard InChI is InChI=1S/C8H13ClO3/c1-4-6(10)7(9)12-8(11)5(2)3/h6-7,10H,2,4H2,1,3H3. The summed E-state index contributed by atoms with van der Waals surface area (Å²) in [7, 11) is 0. The third kappa shape index (κ3) is 3.74. The van der Waals surface area contributed by atoms with Crippen molar-refractivity contribution in [2.75, 3.05) is 0 Å². The first-order valence-electron chi connectivity index (χ1n) is 3.67. The van der Waals surface area contributed by atoms with Crippen LogP contribution in [-0.4, -0.2) is 22.7 Å². The molecule has 0 spiro atoms. The van der Waals surface area contributed by atoms with Gasteiger partial charge in [-0.05, 0) is 13.3 Å². The van der Waals surface area contributed by atoms with Crippen LogP contribution in [-0.2, 0) is 9.53 Å². The summed E-state index contributed by atoms with van der Waals surface area (Å²) in [6.45, 7) is 6.64. The molecule has 2 atom stereocenters. The fraction of sp³-hybridized carbons (Fsp3) is 0.625. The summed E-state index contributed by atoms with van der Waals surface area (Å²) in [5.41, 5.74) is -0.719. The van der Waals surface area contributed by atoms with Gasteiger partial charge in [0.1, 0.15) is 6.10 Å². The van der Waals surface area contributed by atoms with Crippen LogP contribution in [0.25, 0.3) is 0 Å². The van der Waals surface area contributed by atoms with Gasteiger partial charge in [0, 0.05) is 5.57 Å². The number of alkyl halides is 1. The number of hydrogen-bond donors (Lipinski definition) is 1. The maximum atomic E-state index is 10.9. The van der Waals surface area contributed by atoms with E-state index in [-0.39, 0.29) is 5.57 Å². The third-order valence-electron chi connectivity index (χ3n) is 1.29. The fourth-order valence-electron chi connectivity index (χ4n) is 0.467. The molecule has 70 valence electrons. The van der Waals surface area contributed by atoms with Crippen LogP contribution < -0.4 is 0 Å². The molecule has 0 aliphatic rings. The minimum atomic E-state index is -0.987. The summed E-state index contributed by atoms with van der Waals surface area (Å²) >= 11 is 5.54. The lowest BCUT2D eigenvalue weighted by Gasteiger charge is -2.15. The van der Waals surface area contributed by atoms with Crippen LogP contribution in [0.5, 0.6) is 0 Å². The van der Waals surface area contributed by atoms with Gasteiger partial charge in [0.25, 0.3) is 0 Å². The van der Waals surface area contributed by atoms with E-state index in [1.54, 1.807) is 6.92 Å². The summed E-state index contributed by atoms with van der Waals surface area (Å²) in [6.07, 6.45) is -0.382. The van der Waals surface area contributed by atoms with Crippen molar-refractivity contribution in [2.45, 2.75) is 31.9 Å². The van der Waals surface area contributed by atoms with Crippen molar-refractivity contribution >= 4 is 17.6 Å². The van der Waals surface area contributed by atoms with Crippen molar-refractivity contribution < 1.29 is 14.6 Å². The molecule has 12 heavy (non-hydrogen) atoms. The molecule has 0 amide bonds. The van der Waals surface area contributed by atoms with Crippen LogP contribution in [0, 0.1) is 0 Å². The minimum Gasteiger partial charge on any atom is -0.440 e. The highest BCUT2D eigenvalue weighted by molar-refractivity contribution is 6.20. The second-order valence-corrected chi connectivity index (χ2v) is 2.94. The third-order valence-corrected chi connectivity index (χ3v) is 1.67. The van der Waals surface area contributed by atoms with Crippen molar-refractivity contribution in [3.05, 3.63) is 12.2 Å². The van der Waals surface area contributed by atoms with Gasteiger partial charge in [0.2, 0.25) is 5.56 Å². The van der Waals surface area contributed by atoms with E-state index in [2.05, 4.69) is 11.3 Å². The molecule has 0 radical (unpaired) electrons. The Morgan fingerprint density at radius 1 is 1.75 bits per heavy atom. The van der Waals surface area contributed by atoms with Gasteiger partial charge >= 0.3 is 5.97 Å². The number of carbonyl (C=O) groups is 1. The largest absolute Gasteiger partial charge is 0.440 e. The Hall–Kier alpha value is -0.540. The van der Waals surface area contributed by atoms with Gasteiger partial charge in [-0.15, -0.1) is 0 Å². The van der Waals surface area contributed by atoms with Crippen molar-refractivity contribution in [3.63, 3.8) is 0 Å². The quantitative estimate of drug-likeness (QED) is 0.417. The van der Waals surface area contributed by atoms with E-state index < -0.39 is 17.6 Å². The second-order valence-electron chi connectivity index (χ2n) is 2.51. The molecule has 0 bridgehead atoms. The van der Waals surface area contributed by atoms with Crippen LogP contribution in [0.1, 0.15) is 20.3 Å². The van der Waals surface area contributed by atoms with Crippen LogP contribution in [0.15, 0.2) is 12.2 Å². The van der Waals surface area contributed by atoms with Crippen molar-refractivity contribution in [1.82, 2.24) is 0 Å². The van der Waals surface area contributed by atoms with Crippen molar-refractivity contribution in [2.24, 2.45) is 0 Å². The number of ether oxygens (including phenoxy) is 1. The van der Waals surface area contributed by atoms with E-state index in [4.69, 9.17) is 16.7 Å². The number of esters is 1. The Balaban J connectivity index is 3.92. The molecule has 0 aromatic heterocycles. The molecule has 0 saturated heterocycles. The molecule has 3 nitrogen and oxygen atoms in total. The van der Waals surface area contributed by atoms with Crippen molar-refractivity contribution in [1.29, 1.82) is 0 Å². The number of hydrogen-bond acceptors (Lipinski definition) is 3. The Kier molecular flexibility index (Phi) is 4.93. The minimum absolute atomic E-state index is 0.268. The van der Waals surface area contributed by atoms with Crippen LogP contribution in [0.4, 0.5) is 0 Å². The maximum absolute atomic E-state index is 10.9. The average molecular weight is 193 g/mol. The predicted molar refractivity (Wildman–Crippen MR) is 46.8 cm³/mol. The first kappa shape index (κ1) is 11.5. The maximum Gasteiger partial charge on any atom is 0.334 e. The zero-order chi connectivity index (χ0) is 9.72. The SMILES string of the molecule is C=C(C)C(=O)OC(Cl)C(O)CC. The molecular weight excluding hydrogens is 180 g/mol. The summed E-state index contributed by atoms with van der Waals surface area (Å²) in [5, 5.41) is 9.12. The topological polar surface area (TPSA) is 46.5 Å². The highest BCUT2D eigenvalue weighted by Crippen LogP contribution is 2.09. The molecule has 0 saturated carbocycles. The molecule has 0 aliphatic heterocycles. The van der Waals surface area contributed by atoms with Gasteiger partial charge in [-0.25, -0.2) is 4.79 Å². The van der Waals surface area contributed by atoms with E-state index in [1.807, 2.05) is 0 Å². The smallest absolute Gasteiger partial charge is 0.334 e. The lowest BCUT2D eigenvalue weighted by Crippen LogP contribution is -2.25. The summed E-state index contributed by atoms with van der Waals surface area (Å²) < 4.78 is 4.64. The van der Waals surface area contributed by atoms with Crippen LogP contribution in [0.3, 0.4) is 0 Å². The van der Waals surface area contributed by atoms with E-state index in [1.165, 1.54) is 6.92 Å². The average Bonchev–Trinajstić information content (AvgIpc) is 2.02. The lowest BCUT2D eigenvalue weighted by molar-refractivity contribution is -0.144. The fourth-order valence-corrected chi connectivity index (χ4v) is 0.726. The Morgan fingerprint density at radius 2 is 2.25 bits per heavy atom. The van der Waals surface area contributed by atoms with Gasteiger partial charge in [-0.1, -0.05) is 25.1 Å². The first-order valence-corrected chi connectivity index (χ1v) is 4.11. The number of halogens is 1. The predicted octanol–water partition coefficient (Wildman–Crippen LogP) is 1.44. The zero-order valence-corrected chi connectivity index (χ0v) is 7.97. The van der Waals surface area contributed by atoms with E-state index in [9.17, 15) is 4.79 Å². The van der Waals surface area contributed by atoms with E-state index in [0.29, 0.717) is 6.42 Å². The molecular formula is C8H13ClO3. The normalized spacial score (nSPS) is 15.0. The van der Waals surface area contributed by atoms with Crippen LogP contribution in [0.2, 0.25) is 0 Å². The lowest BCUT2D eigenvalue weighted by atomic mass is 10.3. The monoisotopic (exact) mass is 192 g/mol. The molecule has 2 unspecified atom stereocenters. The first-order chi connectivity index (χ1) is 5.49. The Bertz CT molecular complexity index is 179. The molecule has 4 heteroatoms. The summed E-state index contributed by atoms with van der Waals surface area (Å²) in [4.78, 5) is 10.9. The summed E-state index contributed by atoms with van der Waals surface area (Å²) in [5.74, 6) is -0.581. The van der Waals surface area contributed by atoms with E-state index >= 15 is 0 Å². The molecule has 0 aliphatic carbocycles. The molecule has 0 aromatic carbocycles. The highest BCUT2D eigenvalue weighted by Gasteiger charge is 2.18. The van der Waals surface area contributed by atoms with E-state index in [0.717, 1.165) is 0 Å². The number of rotatable bonds is 4. The molecule has 1 N–H and O–H groups in total. The van der Waals surface area contributed by atoms with Gasteiger partial charge in [0.05, 0.1) is 0 Å². The van der Waals surface area contributed by atoms with Gasteiger partial charge in [0.15, 0.2) is 0 Å². The molecule has 0 rings (SSSR count). The van der Waals surface area contributed by atoms with Gasteiger partial charge in [-0.2, -0.15) is 0 Å². The van der Waals surface area contributed by atoms with Crippen molar-refractivity contribution in [3.8, 4) is 0 Å². The highest BCUT2D eigenvalue weighted by atomic mass is 35.5. The molecule has 0 aromatic rings. The molecule has 0 heterocycles. The Labute approximate surface area is 77.0 Å². The zero-order valence-electron chi connectivity index (χ0n) is 7.21. The van der Waals surface area contributed by atoms with Crippen LogP contribution >= 0.6 is 11.6 Å². The summed E-state index contributed by atoms with van der Waals surface area (Å²) in [6, 6.07) is 0. The second kappa shape index (κ2) is 5.17. The number of aliphatic hydroxyl groups excluding tert-OH is 1. The van der Waals surface area contributed by atoms with Gasteiger partial charge in [-0.3, -0.25) is 0 Å². The molecule has 0 fully saturated rings.